The van der Waals surface area contributed by atoms with Crippen molar-refractivity contribution in [1.82, 2.24) is 0 Å². The van der Waals surface area contributed by atoms with Crippen LogP contribution < -0.4 is 10.5 Å². The summed E-state index contributed by atoms with van der Waals surface area (Å²) in [7, 11) is 0. The van der Waals surface area contributed by atoms with Gasteiger partial charge in [0.15, 0.2) is 5.75 Å². The molecule has 0 aliphatic carbocycles. The molecule has 0 fully saturated rings. The van der Waals surface area contributed by atoms with Crippen molar-refractivity contribution in [3.63, 3.8) is 0 Å². The maximum absolute atomic E-state index is 13.4. The first-order valence-corrected chi connectivity index (χ1v) is 5.98. The van der Waals surface area contributed by atoms with Gasteiger partial charge in [-0.15, -0.1) is 0 Å². The highest BCUT2D eigenvalue weighted by molar-refractivity contribution is 9.10. The van der Waals surface area contributed by atoms with Gasteiger partial charge in [0.2, 0.25) is 0 Å². The Morgan fingerprint density at radius 2 is 1.67 bits per heavy atom. The highest BCUT2D eigenvalue weighted by Gasteiger charge is 2.11. The molecule has 0 heterocycles. The van der Waals surface area contributed by atoms with Crippen LogP contribution in [0.2, 0.25) is 0 Å². The molecule has 0 aliphatic heterocycles. The second-order valence-electron chi connectivity index (χ2n) is 3.65. The molecule has 0 aliphatic rings. The zero-order chi connectivity index (χ0) is 13.1. The van der Waals surface area contributed by atoms with Gasteiger partial charge in [-0.3, -0.25) is 0 Å². The van der Waals surface area contributed by atoms with Crippen LogP contribution in [0.1, 0.15) is 5.56 Å². The normalized spacial score (nSPS) is 10.4. The van der Waals surface area contributed by atoms with Gasteiger partial charge >= 0.3 is 0 Å². The number of nitrogens with two attached hydrogens (primary N) is 1. The largest absolute Gasteiger partial charge is 0.485 e. The van der Waals surface area contributed by atoms with Crippen LogP contribution in [0.4, 0.5) is 14.5 Å². The van der Waals surface area contributed by atoms with Gasteiger partial charge in [0.05, 0.1) is 15.7 Å². The van der Waals surface area contributed by atoms with E-state index in [1.807, 2.05) is 0 Å². The van der Waals surface area contributed by atoms with Crippen LogP contribution in [0.15, 0.2) is 40.9 Å². The molecule has 94 valence electrons. The van der Waals surface area contributed by atoms with Crippen LogP contribution in [0, 0.1) is 11.6 Å². The molecule has 18 heavy (non-hydrogen) atoms. The minimum Gasteiger partial charge on any atom is -0.485 e. The molecule has 0 spiro atoms. The summed E-state index contributed by atoms with van der Waals surface area (Å²) in [6, 6.07) is 8.81. The first-order valence-electron chi connectivity index (χ1n) is 5.19. The van der Waals surface area contributed by atoms with E-state index in [-0.39, 0.29) is 12.2 Å². The van der Waals surface area contributed by atoms with Gasteiger partial charge in [0.25, 0.3) is 0 Å². The molecule has 0 amide bonds. The summed E-state index contributed by atoms with van der Waals surface area (Å²) in [5, 5.41) is 0. The zero-order valence-corrected chi connectivity index (χ0v) is 10.9. The highest BCUT2D eigenvalue weighted by atomic mass is 79.9. The van der Waals surface area contributed by atoms with Crippen LogP contribution >= 0.6 is 15.9 Å². The lowest BCUT2D eigenvalue weighted by atomic mass is 10.2. The molecule has 0 saturated carbocycles. The Kier molecular flexibility index (Phi) is 3.81. The lowest BCUT2D eigenvalue weighted by Crippen LogP contribution is -2.03. The van der Waals surface area contributed by atoms with Crippen LogP contribution in [0.3, 0.4) is 0 Å². The van der Waals surface area contributed by atoms with E-state index in [1.54, 1.807) is 18.2 Å². The van der Waals surface area contributed by atoms with E-state index < -0.39 is 11.6 Å². The summed E-state index contributed by atoms with van der Waals surface area (Å²) < 4.78 is 32.8. The SMILES string of the molecule is Nc1cccc(Br)c1OCc1c(F)cccc1F. The number of ether oxygens (including phenoxy) is 1. The van der Waals surface area contributed by atoms with Crippen molar-refractivity contribution in [3.05, 3.63) is 58.1 Å². The number of anilines is 1. The Morgan fingerprint density at radius 1 is 1.06 bits per heavy atom. The van der Waals surface area contributed by atoms with Gasteiger partial charge in [0.1, 0.15) is 18.2 Å². The Morgan fingerprint density at radius 3 is 2.28 bits per heavy atom. The number of benzene rings is 2. The Hall–Kier alpha value is -1.62. The summed E-state index contributed by atoms with van der Waals surface area (Å²) in [4.78, 5) is 0. The monoisotopic (exact) mass is 313 g/mol. The number of halogens is 3. The Balaban J connectivity index is 2.22. The quantitative estimate of drug-likeness (QED) is 0.873. The predicted octanol–water partition coefficient (Wildman–Crippen LogP) is 3.89. The zero-order valence-electron chi connectivity index (χ0n) is 9.29. The molecular weight excluding hydrogens is 304 g/mol. The third-order valence-corrected chi connectivity index (χ3v) is 3.04. The van der Waals surface area contributed by atoms with Crippen LogP contribution in [0.5, 0.6) is 5.75 Å². The molecule has 0 atom stereocenters. The molecule has 0 radical (unpaired) electrons. The fourth-order valence-electron chi connectivity index (χ4n) is 1.49. The molecule has 2 N–H and O–H groups in total. The van der Waals surface area contributed by atoms with Gasteiger partial charge < -0.3 is 10.5 Å². The van der Waals surface area contributed by atoms with E-state index >= 15 is 0 Å². The third kappa shape index (κ3) is 2.61. The molecule has 2 rings (SSSR count). The minimum atomic E-state index is -0.638. The molecule has 0 bridgehead atoms. The molecule has 2 nitrogen and oxygen atoms in total. The summed E-state index contributed by atoms with van der Waals surface area (Å²) in [5.74, 6) is -0.901. The predicted molar refractivity (Wildman–Crippen MR) is 69.2 cm³/mol. The molecule has 0 unspecified atom stereocenters. The number of nitrogen functional groups attached to an aromatic ring is 1. The maximum Gasteiger partial charge on any atom is 0.156 e. The minimum absolute atomic E-state index is 0.118. The fourth-order valence-corrected chi connectivity index (χ4v) is 1.99. The molecular formula is C13H10BrF2NO. The second kappa shape index (κ2) is 5.35. The van der Waals surface area contributed by atoms with Crippen molar-refractivity contribution >= 4 is 21.6 Å². The first kappa shape index (κ1) is 12.8. The van der Waals surface area contributed by atoms with Crippen molar-refractivity contribution in [2.45, 2.75) is 6.61 Å². The topological polar surface area (TPSA) is 35.2 Å². The summed E-state index contributed by atoms with van der Waals surface area (Å²) in [5.41, 5.74) is 6.01. The van der Waals surface area contributed by atoms with Crippen molar-refractivity contribution in [2.75, 3.05) is 5.73 Å². The average Bonchev–Trinajstić information content (AvgIpc) is 2.31. The highest BCUT2D eigenvalue weighted by Crippen LogP contribution is 2.31. The molecule has 5 heteroatoms. The van der Waals surface area contributed by atoms with Crippen molar-refractivity contribution in [2.24, 2.45) is 0 Å². The maximum atomic E-state index is 13.4. The van der Waals surface area contributed by atoms with Gasteiger partial charge in [-0.2, -0.15) is 0 Å². The van der Waals surface area contributed by atoms with E-state index in [2.05, 4.69) is 15.9 Å². The van der Waals surface area contributed by atoms with Gasteiger partial charge in [-0.25, -0.2) is 8.78 Å². The molecule has 0 saturated heterocycles. The molecule has 2 aromatic rings. The van der Waals surface area contributed by atoms with Crippen molar-refractivity contribution in [1.29, 1.82) is 0 Å². The van der Waals surface area contributed by atoms with Gasteiger partial charge in [-0.05, 0) is 40.2 Å². The summed E-state index contributed by atoms with van der Waals surface area (Å²) >= 11 is 3.27. The van der Waals surface area contributed by atoms with E-state index in [4.69, 9.17) is 10.5 Å². The fraction of sp³-hybridized carbons (Fsp3) is 0.0769. The first-order chi connectivity index (χ1) is 8.59. The van der Waals surface area contributed by atoms with E-state index in [0.717, 1.165) is 0 Å². The second-order valence-corrected chi connectivity index (χ2v) is 4.50. The number of rotatable bonds is 3. The molecule has 2 aromatic carbocycles. The lowest BCUT2D eigenvalue weighted by molar-refractivity contribution is 0.292. The van der Waals surface area contributed by atoms with Crippen molar-refractivity contribution in [3.8, 4) is 5.75 Å². The van der Waals surface area contributed by atoms with E-state index in [9.17, 15) is 8.78 Å². The lowest BCUT2D eigenvalue weighted by Gasteiger charge is -2.11. The van der Waals surface area contributed by atoms with Gasteiger partial charge in [0, 0.05) is 0 Å². The third-order valence-electron chi connectivity index (χ3n) is 2.42. The van der Waals surface area contributed by atoms with Gasteiger partial charge in [-0.1, -0.05) is 12.1 Å². The summed E-state index contributed by atoms with van der Waals surface area (Å²) in [6.07, 6.45) is 0. The number of hydrogen-bond donors (Lipinski definition) is 1. The van der Waals surface area contributed by atoms with E-state index in [0.29, 0.717) is 15.9 Å². The Labute approximate surface area is 112 Å². The number of hydrogen-bond acceptors (Lipinski definition) is 2. The van der Waals surface area contributed by atoms with E-state index in [1.165, 1.54) is 18.2 Å². The number of para-hydroxylation sites is 1. The van der Waals surface area contributed by atoms with Crippen LogP contribution in [-0.2, 0) is 6.61 Å². The molecule has 0 aromatic heterocycles. The van der Waals surface area contributed by atoms with Crippen molar-refractivity contribution < 1.29 is 13.5 Å². The average molecular weight is 314 g/mol. The summed E-state index contributed by atoms with van der Waals surface area (Å²) in [6.45, 7) is -0.217. The Bertz CT molecular complexity index is 483. The smallest absolute Gasteiger partial charge is 0.156 e. The van der Waals surface area contributed by atoms with Crippen LogP contribution in [-0.4, -0.2) is 0 Å². The van der Waals surface area contributed by atoms with Crippen LogP contribution in [0.25, 0.3) is 0 Å². The standard InChI is InChI=1S/C13H10BrF2NO/c14-9-3-1-6-12(17)13(9)18-7-8-10(15)4-2-5-11(8)16/h1-6H,7,17H2.